The molecule has 0 aromatic carbocycles. The zero-order valence-corrected chi connectivity index (χ0v) is 30.9. The third kappa shape index (κ3) is 31.1. The number of phosphoric ester groups is 1. The van der Waals surface area contributed by atoms with Gasteiger partial charge in [0.1, 0.15) is 13.2 Å². The Balaban J connectivity index is 4.74. The minimum atomic E-state index is -4.35. The van der Waals surface area contributed by atoms with Crippen molar-refractivity contribution >= 4 is 13.7 Å². The van der Waals surface area contributed by atoms with Crippen molar-refractivity contribution in [3.8, 4) is 0 Å². The molecule has 0 bridgehead atoms. The van der Waals surface area contributed by atoms with Crippen LogP contribution in [-0.4, -0.2) is 73.4 Å². The number of hydrogen-bond acceptors (Lipinski definition) is 5. The number of phosphoric acid groups is 1. The first kappa shape index (κ1) is 44.5. The van der Waals surface area contributed by atoms with Gasteiger partial charge in [-0.1, -0.05) is 120 Å². The summed E-state index contributed by atoms with van der Waals surface area (Å²) in [4.78, 5) is 22.9. The standard InChI is InChI=1S/C37H69N2O6P/c1-6-8-10-12-14-16-18-19-21-23-25-27-29-31-37(41)38-35(34-45-46(42,43)44-33-32-39(3,4)5)36(40)30-28-26-24-22-20-17-15-13-11-9-7-2/h19-22,25,27-28,30,35-36,40H,6-18,23-24,26,29,31-34H2,1-5H3,(H-,38,41,42,43)/p+1/b21-19-,22-20+,27-25-,30-28+. The van der Waals surface area contributed by atoms with Crippen LogP contribution in [0.5, 0.6) is 0 Å². The second-order valence-electron chi connectivity index (χ2n) is 13.2. The van der Waals surface area contributed by atoms with E-state index in [-0.39, 0.29) is 25.5 Å². The summed E-state index contributed by atoms with van der Waals surface area (Å²) in [5.74, 6) is -0.259. The minimum absolute atomic E-state index is 0.0452. The van der Waals surface area contributed by atoms with Gasteiger partial charge in [-0.2, -0.15) is 0 Å². The molecular weight excluding hydrogens is 599 g/mol. The number of nitrogens with zero attached hydrogens (tertiary/aromatic N) is 1. The average molecular weight is 670 g/mol. The highest BCUT2D eigenvalue weighted by molar-refractivity contribution is 7.47. The number of likely N-dealkylation sites (N-methyl/N-ethyl adjacent to an activating group) is 1. The van der Waals surface area contributed by atoms with Crippen molar-refractivity contribution in [3.63, 3.8) is 0 Å². The van der Waals surface area contributed by atoms with Crippen LogP contribution < -0.4 is 5.32 Å². The molecule has 0 spiro atoms. The number of carbonyl (C=O) groups is 1. The summed E-state index contributed by atoms with van der Waals surface area (Å²) in [7, 11) is 1.51. The molecule has 8 nitrogen and oxygen atoms in total. The first-order valence-corrected chi connectivity index (χ1v) is 19.5. The van der Waals surface area contributed by atoms with Crippen molar-refractivity contribution in [2.24, 2.45) is 0 Å². The van der Waals surface area contributed by atoms with Crippen molar-refractivity contribution in [2.45, 2.75) is 142 Å². The Morgan fingerprint density at radius 1 is 0.739 bits per heavy atom. The number of carbonyl (C=O) groups excluding carboxylic acids is 1. The number of hydrogen-bond donors (Lipinski definition) is 3. The van der Waals surface area contributed by atoms with E-state index in [4.69, 9.17) is 9.05 Å². The Hall–Kier alpha value is -1.54. The van der Waals surface area contributed by atoms with E-state index < -0.39 is 20.0 Å². The Morgan fingerprint density at radius 2 is 1.26 bits per heavy atom. The highest BCUT2D eigenvalue weighted by Gasteiger charge is 2.27. The Morgan fingerprint density at radius 3 is 1.87 bits per heavy atom. The lowest BCUT2D eigenvalue weighted by molar-refractivity contribution is -0.870. The van der Waals surface area contributed by atoms with Crippen molar-refractivity contribution < 1.29 is 32.9 Å². The normalized spacial score (nSPS) is 15.4. The van der Waals surface area contributed by atoms with Gasteiger partial charge in [0.25, 0.3) is 0 Å². The maximum absolute atomic E-state index is 12.7. The molecule has 0 aliphatic rings. The van der Waals surface area contributed by atoms with Crippen LogP contribution in [0, 0.1) is 0 Å². The summed E-state index contributed by atoms with van der Waals surface area (Å²) in [6.07, 6.45) is 34.8. The van der Waals surface area contributed by atoms with Crippen LogP contribution in [-0.2, 0) is 18.4 Å². The van der Waals surface area contributed by atoms with Crippen LogP contribution in [0.15, 0.2) is 48.6 Å². The van der Waals surface area contributed by atoms with Gasteiger partial charge >= 0.3 is 7.82 Å². The largest absolute Gasteiger partial charge is 0.472 e. The fraction of sp³-hybridized carbons (Fsp3) is 0.757. The second-order valence-corrected chi connectivity index (χ2v) is 14.7. The monoisotopic (exact) mass is 669 g/mol. The van der Waals surface area contributed by atoms with E-state index >= 15 is 0 Å². The average Bonchev–Trinajstić information content (AvgIpc) is 2.99. The van der Waals surface area contributed by atoms with E-state index in [0.29, 0.717) is 17.4 Å². The molecule has 3 unspecified atom stereocenters. The second kappa shape index (κ2) is 29.6. The molecular formula is C37H70N2O6P+. The molecule has 0 fully saturated rings. The number of quaternary nitrogens is 1. The number of allylic oxidation sites excluding steroid dienone is 7. The molecule has 3 atom stereocenters. The van der Waals surface area contributed by atoms with Crippen LogP contribution in [0.4, 0.5) is 0 Å². The number of aliphatic hydroxyl groups excluding tert-OH is 1. The smallest absolute Gasteiger partial charge is 0.387 e. The lowest BCUT2D eigenvalue weighted by atomic mass is 10.1. The Kier molecular flexibility index (Phi) is 28.6. The molecule has 0 heterocycles. The zero-order valence-electron chi connectivity index (χ0n) is 30.0. The molecule has 1 amide bonds. The van der Waals surface area contributed by atoms with Crippen molar-refractivity contribution in [2.75, 3.05) is 40.9 Å². The molecule has 46 heavy (non-hydrogen) atoms. The lowest BCUT2D eigenvalue weighted by Gasteiger charge is -2.25. The number of rotatable bonds is 31. The van der Waals surface area contributed by atoms with Crippen molar-refractivity contribution in [1.82, 2.24) is 5.32 Å². The summed E-state index contributed by atoms with van der Waals surface area (Å²) in [6.45, 7) is 4.67. The summed E-state index contributed by atoms with van der Waals surface area (Å²) in [6, 6.07) is -0.890. The lowest BCUT2D eigenvalue weighted by Crippen LogP contribution is -2.45. The molecule has 268 valence electrons. The van der Waals surface area contributed by atoms with Gasteiger partial charge in [-0.05, 0) is 51.4 Å². The first-order valence-electron chi connectivity index (χ1n) is 18.0. The fourth-order valence-corrected chi connectivity index (χ4v) is 5.31. The third-order valence-electron chi connectivity index (χ3n) is 7.53. The summed E-state index contributed by atoms with van der Waals surface area (Å²) in [5, 5.41) is 13.6. The maximum atomic E-state index is 12.7. The van der Waals surface area contributed by atoms with Crippen molar-refractivity contribution in [1.29, 1.82) is 0 Å². The van der Waals surface area contributed by atoms with Crippen LogP contribution in [0.1, 0.15) is 129 Å². The number of amides is 1. The van der Waals surface area contributed by atoms with Gasteiger partial charge in [0.2, 0.25) is 5.91 Å². The van der Waals surface area contributed by atoms with Gasteiger partial charge < -0.3 is 19.8 Å². The maximum Gasteiger partial charge on any atom is 0.472 e. The van der Waals surface area contributed by atoms with Crippen LogP contribution in [0.2, 0.25) is 0 Å². The topological polar surface area (TPSA) is 105 Å². The van der Waals surface area contributed by atoms with Gasteiger partial charge in [-0.15, -0.1) is 0 Å². The van der Waals surface area contributed by atoms with E-state index in [1.54, 1.807) is 6.08 Å². The number of aliphatic hydroxyl groups is 1. The molecule has 0 aliphatic heterocycles. The summed E-state index contributed by atoms with van der Waals surface area (Å²) in [5.41, 5.74) is 0. The third-order valence-corrected chi connectivity index (χ3v) is 8.52. The van der Waals surface area contributed by atoms with Crippen LogP contribution in [0.25, 0.3) is 0 Å². The molecule has 0 saturated heterocycles. The Bertz CT molecular complexity index is 897. The molecule has 0 rings (SSSR count). The fourth-order valence-electron chi connectivity index (χ4n) is 4.57. The van der Waals surface area contributed by atoms with E-state index in [1.807, 2.05) is 33.3 Å². The van der Waals surface area contributed by atoms with Gasteiger partial charge in [0, 0.05) is 6.42 Å². The highest BCUT2D eigenvalue weighted by Crippen LogP contribution is 2.43. The van der Waals surface area contributed by atoms with Gasteiger partial charge in [0.05, 0.1) is 39.9 Å². The minimum Gasteiger partial charge on any atom is -0.387 e. The molecule has 0 aromatic rings. The van der Waals surface area contributed by atoms with E-state index in [9.17, 15) is 19.4 Å². The van der Waals surface area contributed by atoms with Gasteiger partial charge in [-0.3, -0.25) is 13.8 Å². The molecule has 9 heteroatoms. The summed E-state index contributed by atoms with van der Waals surface area (Å²) >= 11 is 0. The Labute approximate surface area is 282 Å². The first-order chi connectivity index (χ1) is 22.0. The molecule has 0 radical (unpaired) electrons. The van der Waals surface area contributed by atoms with Crippen LogP contribution in [0.3, 0.4) is 0 Å². The quantitative estimate of drug-likeness (QED) is 0.0295. The number of unbranched alkanes of at least 4 members (excludes halogenated alkanes) is 12. The molecule has 3 N–H and O–H groups in total. The van der Waals surface area contributed by atoms with E-state index in [1.165, 1.54) is 70.6 Å². The van der Waals surface area contributed by atoms with Gasteiger partial charge in [-0.25, -0.2) is 4.57 Å². The zero-order chi connectivity index (χ0) is 34.4. The van der Waals surface area contributed by atoms with Gasteiger partial charge in [0.15, 0.2) is 0 Å². The number of nitrogens with one attached hydrogen (secondary N) is 1. The van der Waals surface area contributed by atoms with E-state index in [2.05, 4.69) is 49.5 Å². The van der Waals surface area contributed by atoms with Crippen molar-refractivity contribution in [3.05, 3.63) is 48.6 Å². The highest BCUT2D eigenvalue weighted by atomic mass is 31.2. The van der Waals surface area contributed by atoms with Crippen LogP contribution >= 0.6 is 7.82 Å². The summed E-state index contributed by atoms with van der Waals surface area (Å²) < 4.78 is 23.3. The van der Waals surface area contributed by atoms with E-state index in [0.717, 1.165) is 32.1 Å². The predicted octanol–water partition coefficient (Wildman–Crippen LogP) is 8.96. The molecule has 0 aliphatic carbocycles. The predicted molar refractivity (Wildman–Crippen MR) is 194 cm³/mol. The molecule has 0 aromatic heterocycles. The SMILES string of the molecule is CCCCCCC/C=C/CC/C=C/C(O)C(COP(=O)(O)OCC[N+](C)(C)C)NC(=O)CC/C=C\C/C=C\CCCCCCCC. The molecule has 0 saturated carbocycles.